The summed E-state index contributed by atoms with van der Waals surface area (Å²) in [6.45, 7) is 0.181. The van der Waals surface area contributed by atoms with Crippen molar-refractivity contribution in [1.29, 1.82) is 0 Å². The highest BCUT2D eigenvalue weighted by atomic mass is 35.5. The number of hydrogen-bond donors (Lipinski definition) is 1. The second kappa shape index (κ2) is 7.04. The number of nitrogens with one attached hydrogen (secondary N) is 1. The zero-order valence-electron chi connectivity index (χ0n) is 13.2. The Bertz CT molecular complexity index is 540. The molecule has 6 heteroatoms. The summed E-state index contributed by atoms with van der Waals surface area (Å²) < 4.78 is 0. The van der Waals surface area contributed by atoms with Crippen LogP contribution in [-0.2, 0) is 14.4 Å². The molecular weight excluding hydrogens is 316 g/mol. The molecule has 0 aromatic rings. The van der Waals surface area contributed by atoms with Gasteiger partial charge in [-0.25, -0.2) is 0 Å². The normalized spacial score (nSPS) is 28.6. The predicted octanol–water partition coefficient (Wildman–Crippen LogP) is 2.34. The van der Waals surface area contributed by atoms with E-state index >= 15 is 0 Å². The molecule has 1 saturated carbocycles. The molecule has 1 saturated heterocycles. The molecule has 0 unspecified atom stereocenters. The molecule has 23 heavy (non-hydrogen) atoms. The summed E-state index contributed by atoms with van der Waals surface area (Å²) in [5.74, 6) is -1.00. The lowest BCUT2D eigenvalue weighted by molar-refractivity contribution is -0.140. The highest BCUT2D eigenvalue weighted by Crippen LogP contribution is 2.38. The standard InChI is InChI=1S/C17H23ClN2O3/c18-11-6-7-13-14(10-11)17(23)20(16(13)22)9-8-15(21)19-12-4-2-1-3-5-12/h6,12-14H,1-5,7-10H2,(H,19,21)/t13-,14+/m0/s1. The van der Waals surface area contributed by atoms with Crippen molar-refractivity contribution in [1.82, 2.24) is 10.2 Å². The maximum atomic E-state index is 12.4. The Balaban J connectivity index is 1.51. The van der Waals surface area contributed by atoms with E-state index in [0.717, 1.165) is 25.7 Å². The van der Waals surface area contributed by atoms with Gasteiger partial charge in [-0.15, -0.1) is 0 Å². The van der Waals surface area contributed by atoms with Crippen molar-refractivity contribution < 1.29 is 14.4 Å². The topological polar surface area (TPSA) is 66.5 Å². The van der Waals surface area contributed by atoms with Crippen molar-refractivity contribution in [2.24, 2.45) is 11.8 Å². The third-order valence-corrected chi connectivity index (χ3v) is 5.50. The van der Waals surface area contributed by atoms with E-state index < -0.39 is 0 Å². The van der Waals surface area contributed by atoms with Crippen LogP contribution in [0.2, 0.25) is 0 Å². The first kappa shape index (κ1) is 16.5. The number of carbonyl (C=O) groups is 3. The summed E-state index contributed by atoms with van der Waals surface area (Å²) in [5, 5.41) is 3.68. The van der Waals surface area contributed by atoms with Gasteiger partial charge >= 0.3 is 0 Å². The first-order chi connectivity index (χ1) is 11.1. The van der Waals surface area contributed by atoms with Crippen molar-refractivity contribution in [3.8, 4) is 0 Å². The number of nitrogens with zero attached hydrogens (tertiary/aromatic N) is 1. The highest BCUT2D eigenvalue weighted by Gasteiger charge is 2.48. The third kappa shape index (κ3) is 3.60. The first-order valence-electron chi connectivity index (χ1n) is 8.55. The largest absolute Gasteiger partial charge is 0.353 e. The molecule has 126 valence electrons. The van der Waals surface area contributed by atoms with Crippen LogP contribution in [-0.4, -0.2) is 35.2 Å². The number of likely N-dealkylation sites (tertiary alicyclic amines) is 1. The molecule has 2 fully saturated rings. The van der Waals surface area contributed by atoms with Crippen LogP contribution >= 0.6 is 11.6 Å². The van der Waals surface area contributed by atoms with Crippen LogP contribution in [0.3, 0.4) is 0 Å². The van der Waals surface area contributed by atoms with Gasteiger partial charge in [-0.05, 0) is 25.7 Å². The van der Waals surface area contributed by atoms with Gasteiger partial charge in [-0.2, -0.15) is 0 Å². The van der Waals surface area contributed by atoms with Crippen molar-refractivity contribution >= 4 is 29.3 Å². The Labute approximate surface area is 141 Å². The van der Waals surface area contributed by atoms with Gasteiger partial charge in [-0.3, -0.25) is 19.3 Å². The summed E-state index contributed by atoms with van der Waals surface area (Å²) in [6.07, 6.45) is 8.60. The quantitative estimate of drug-likeness (QED) is 0.800. The Morgan fingerprint density at radius 1 is 1.17 bits per heavy atom. The summed E-state index contributed by atoms with van der Waals surface area (Å²) in [5.41, 5.74) is 0. The number of fused-ring (bicyclic) bond motifs is 1. The minimum atomic E-state index is -0.332. The number of halogens is 1. The molecular formula is C17H23ClN2O3. The van der Waals surface area contributed by atoms with Crippen molar-refractivity contribution in [2.75, 3.05) is 6.54 Å². The van der Waals surface area contributed by atoms with Gasteiger partial charge in [-0.1, -0.05) is 36.9 Å². The van der Waals surface area contributed by atoms with E-state index in [1.54, 1.807) is 0 Å². The monoisotopic (exact) mass is 338 g/mol. The molecule has 1 aliphatic heterocycles. The van der Waals surface area contributed by atoms with E-state index in [1.807, 2.05) is 6.08 Å². The number of imide groups is 1. The minimum Gasteiger partial charge on any atom is -0.353 e. The van der Waals surface area contributed by atoms with E-state index in [9.17, 15) is 14.4 Å². The summed E-state index contributed by atoms with van der Waals surface area (Å²) in [4.78, 5) is 38.1. The maximum Gasteiger partial charge on any atom is 0.233 e. The van der Waals surface area contributed by atoms with E-state index in [2.05, 4.69) is 5.32 Å². The molecule has 1 heterocycles. The van der Waals surface area contributed by atoms with E-state index in [1.165, 1.54) is 11.3 Å². The highest BCUT2D eigenvalue weighted by molar-refractivity contribution is 6.30. The lowest BCUT2D eigenvalue weighted by atomic mass is 9.85. The van der Waals surface area contributed by atoms with Gasteiger partial charge in [0.25, 0.3) is 0 Å². The fourth-order valence-corrected chi connectivity index (χ4v) is 4.13. The summed E-state index contributed by atoms with van der Waals surface area (Å²) in [7, 11) is 0. The zero-order chi connectivity index (χ0) is 16.4. The second-order valence-electron chi connectivity index (χ2n) is 6.78. The predicted molar refractivity (Wildman–Crippen MR) is 86.5 cm³/mol. The Hall–Kier alpha value is -1.36. The number of rotatable bonds is 4. The van der Waals surface area contributed by atoms with Crippen molar-refractivity contribution in [3.63, 3.8) is 0 Å². The van der Waals surface area contributed by atoms with Crippen LogP contribution in [0.25, 0.3) is 0 Å². The summed E-state index contributed by atoms with van der Waals surface area (Å²) in [6, 6.07) is 0.256. The molecule has 5 nitrogen and oxygen atoms in total. The third-order valence-electron chi connectivity index (χ3n) is 5.19. The fraction of sp³-hybridized carbons (Fsp3) is 0.706. The fourth-order valence-electron chi connectivity index (χ4n) is 3.88. The van der Waals surface area contributed by atoms with Crippen LogP contribution in [0.4, 0.5) is 0 Å². The Morgan fingerprint density at radius 2 is 1.87 bits per heavy atom. The van der Waals surface area contributed by atoms with E-state index in [-0.39, 0.29) is 48.6 Å². The lowest BCUT2D eigenvalue weighted by Crippen LogP contribution is -2.39. The SMILES string of the molecule is O=C(CCN1C(=O)[C@H]2CC=C(Cl)C[C@H]2C1=O)NC1CCCCC1. The Kier molecular flexibility index (Phi) is 5.05. The van der Waals surface area contributed by atoms with E-state index in [4.69, 9.17) is 11.6 Å². The van der Waals surface area contributed by atoms with Crippen LogP contribution in [0.15, 0.2) is 11.1 Å². The molecule has 0 radical (unpaired) electrons. The zero-order valence-corrected chi connectivity index (χ0v) is 14.0. The molecule has 0 aromatic heterocycles. The molecule has 0 bridgehead atoms. The van der Waals surface area contributed by atoms with Crippen LogP contribution in [0, 0.1) is 11.8 Å². The van der Waals surface area contributed by atoms with E-state index in [0.29, 0.717) is 17.9 Å². The van der Waals surface area contributed by atoms with Gasteiger partial charge in [0.05, 0.1) is 11.8 Å². The van der Waals surface area contributed by atoms with Crippen LogP contribution in [0.5, 0.6) is 0 Å². The maximum absolute atomic E-state index is 12.4. The molecule has 2 aliphatic carbocycles. The molecule has 1 N–H and O–H groups in total. The van der Waals surface area contributed by atoms with Gasteiger partial charge in [0, 0.05) is 24.0 Å². The second-order valence-corrected chi connectivity index (χ2v) is 7.27. The van der Waals surface area contributed by atoms with Crippen LogP contribution < -0.4 is 5.32 Å². The smallest absolute Gasteiger partial charge is 0.233 e. The molecule has 0 aromatic carbocycles. The van der Waals surface area contributed by atoms with Gasteiger partial charge < -0.3 is 5.32 Å². The molecule has 0 spiro atoms. The number of amides is 3. The lowest BCUT2D eigenvalue weighted by Gasteiger charge is -2.23. The number of hydrogen-bond acceptors (Lipinski definition) is 3. The molecule has 3 aliphatic rings. The minimum absolute atomic E-state index is 0.0662. The number of allylic oxidation sites excluding steroid dienone is 2. The summed E-state index contributed by atoms with van der Waals surface area (Å²) >= 11 is 5.99. The molecule has 2 atom stereocenters. The van der Waals surface area contributed by atoms with Gasteiger partial charge in [0.1, 0.15) is 0 Å². The first-order valence-corrected chi connectivity index (χ1v) is 8.93. The van der Waals surface area contributed by atoms with Crippen LogP contribution in [0.1, 0.15) is 51.4 Å². The molecule has 3 amide bonds. The van der Waals surface area contributed by atoms with Gasteiger partial charge in [0.15, 0.2) is 0 Å². The average molecular weight is 339 g/mol. The van der Waals surface area contributed by atoms with Crippen molar-refractivity contribution in [3.05, 3.63) is 11.1 Å². The average Bonchev–Trinajstić information content (AvgIpc) is 2.77. The number of carbonyl (C=O) groups excluding carboxylic acids is 3. The van der Waals surface area contributed by atoms with Crippen molar-refractivity contribution in [2.45, 2.75) is 57.4 Å². The Morgan fingerprint density at radius 3 is 2.61 bits per heavy atom. The molecule has 3 rings (SSSR count). The van der Waals surface area contributed by atoms with Gasteiger partial charge in [0.2, 0.25) is 17.7 Å².